The summed E-state index contributed by atoms with van der Waals surface area (Å²) in [5, 5.41) is 5.75. The molecule has 22 heavy (non-hydrogen) atoms. The maximum atomic E-state index is 11.9. The molecule has 0 bridgehead atoms. The van der Waals surface area contributed by atoms with Gasteiger partial charge in [0.1, 0.15) is 0 Å². The molecule has 0 aliphatic heterocycles. The molecular formula is C16H14Cl2N2O2. The van der Waals surface area contributed by atoms with Gasteiger partial charge in [-0.1, -0.05) is 29.3 Å². The van der Waals surface area contributed by atoms with Crippen molar-refractivity contribution in [3.8, 4) is 0 Å². The number of rotatable bonds is 2. The van der Waals surface area contributed by atoms with Crippen LogP contribution >= 0.6 is 23.2 Å². The largest absolute Gasteiger partial charge is 0.318 e. The first-order valence-electron chi connectivity index (χ1n) is 6.50. The lowest BCUT2D eigenvalue weighted by molar-refractivity contribution is -0.132. The summed E-state index contributed by atoms with van der Waals surface area (Å²) in [6.07, 6.45) is 0. The van der Waals surface area contributed by atoms with E-state index in [0.29, 0.717) is 21.4 Å². The van der Waals surface area contributed by atoms with Crippen molar-refractivity contribution in [1.29, 1.82) is 0 Å². The molecule has 0 aliphatic rings. The molecule has 2 aromatic carbocycles. The van der Waals surface area contributed by atoms with E-state index in [-0.39, 0.29) is 0 Å². The van der Waals surface area contributed by atoms with Crippen LogP contribution in [0.5, 0.6) is 0 Å². The average Bonchev–Trinajstić information content (AvgIpc) is 2.35. The van der Waals surface area contributed by atoms with Gasteiger partial charge < -0.3 is 10.6 Å². The molecule has 0 heterocycles. The van der Waals surface area contributed by atoms with Gasteiger partial charge in [-0.25, -0.2) is 0 Å². The minimum atomic E-state index is -0.794. The average molecular weight is 337 g/mol. The monoisotopic (exact) mass is 336 g/mol. The predicted octanol–water partition coefficient (Wildman–Crippen LogP) is 4.19. The fourth-order valence-corrected chi connectivity index (χ4v) is 2.57. The standard InChI is InChI=1S/C16H14Cl2N2O2/c1-9-3-10(2)5-13(4-9)19-15(21)16(22)20-14-7-11(17)6-12(18)8-14/h3-8H,1-2H3,(H,19,21)(H,20,22). The van der Waals surface area contributed by atoms with Crippen molar-refractivity contribution in [1.82, 2.24) is 0 Å². The molecule has 4 nitrogen and oxygen atoms in total. The molecule has 2 N–H and O–H groups in total. The topological polar surface area (TPSA) is 58.2 Å². The molecule has 0 saturated carbocycles. The van der Waals surface area contributed by atoms with Gasteiger partial charge in [-0.2, -0.15) is 0 Å². The van der Waals surface area contributed by atoms with Crippen molar-refractivity contribution in [2.24, 2.45) is 0 Å². The number of carbonyl (C=O) groups is 2. The molecule has 2 aromatic rings. The second-order valence-corrected chi connectivity index (χ2v) is 5.82. The Morgan fingerprint density at radius 1 is 0.727 bits per heavy atom. The van der Waals surface area contributed by atoms with Crippen LogP contribution in [-0.2, 0) is 9.59 Å². The summed E-state index contributed by atoms with van der Waals surface area (Å²) in [5.74, 6) is -1.56. The van der Waals surface area contributed by atoms with Crippen molar-refractivity contribution in [2.45, 2.75) is 13.8 Å². The molecule has 0 spiro atoms. The van der Waals surface area contributed by atoms with E-state index in [0.717, 1.165) is 11.1 Å². The van der Waals surface area contributed by atoms with Gasteiger partial charge in [-0.05, 0) is 55.3 Å². The molecule has 0 radical (unpaired) electrons. The number of hydrogen-bond acceptors (Lipinski definition) is 2. The van der Waals surface area contributed by atoms with Crippen molar-refractivity contribution < 1.29 is 9.59 Å². The van der Waals surface area contributed by atoms with Crippen molar-refractivity contribution in [2.75, 3.05) is 10.6 Å². The summed E-state index contributed by atoms with van der Waals surface area (Å²) in [6.45, 7) is 3.83. The molecule has 0 unspecified atom stereocenters. The number of amides is 2. The first kappa shape index (κ1) is 16.3. The third kappa shape index (κ3) is 4.48. The number of aryl methyl sites for hydroxylation is 2. The van der Waals surface area contributed by atoms with E-state index >= 15 is 0 Å². The van der Waals surface area contributed by atoms with Crippen molar-refractivity contribution >= 4 is 46.4 Å². The first-order valence-corrected chi connectivity index (χ1v) is 7.26. The number of benzene rings is 2. The van der Waals surface area contributed by atoms with Crippen LogP contribution in [0.4, 0.5) is 11.4 Å². The predicted molar refractivity (Wildman–Crippen MR) is 89.6 cm³/mol. The summed E-state index contributed by atoms with van der Waals surface area (Å²) in [7, 11) is 0. The maximum Gasteiger partial charge on any atom is 0.314 e. The van der Waals surface area contributed by atoms with Crippen molar-refractivity contribution in [3.63, 3.8) is 0 Å². The van der Waals surface area contributed by atoms with E-state index in [1.54, 1.807) is 12.1 Å². The summed E-state index contributed by atoms with van der Waals surface area (Å²) >= 11 is 11.7. The smallest absolute Gasteiger partial charge is 0.314 e. The van der Waals surface area contributed by atoms with Crippen LogP contribution in [0.15, 0.2) is 36.4 Å². The fraction of sp³-hybridized carbons (Fsp3) is 0.125. The Morgan fingerprint density at radius 2 is 1.14 bits per heavy atom. The molecule has 6 heteroatoms. The highest BCUT2D eigenvalue weighted by molar-refractivity contribution is 6.44. The molecule has 0 aromatic heterocycles. The highest BCUT2D eigenvalue weighted by atomic mass is 35.5. The SMILES string of the molecule is Cc1cc(C)cc(NC(=O)C(=O)Nc2cc(Cl)cc(Cl)c2)c1. The number of halogens is 2. The highest BCUT2D eigenvalue weighted by Crippen LogP contribution is 2.22. The van der Waals surface area contributed by atoms with E-state index in [9.17, 15) is 9.59 Å². The van der Waals surface area contributed by atoms with E-state index in [4.69, 9.17) is 23.2 Å². The molecule has 2 rings (SSSR count). The van der Waals surface area contributed by atoms with Gasteiger partial charge in [-0.3, -0.25) is 9.59 Å². The van der Waals surface area contributed by atoms with Gasteiger partial charge in [0, 0.05) is 21.4 Å². The third-order valence-electron chi connectivity index (χ3n) is 2.81. The molecule has 0 fully saturated rings. The van der Waals surface area contributed by atoms with Gasteiger partial charge in [0.15, 0.2) is 0 Å². The lowest BCUT2D eigenvalue weighted by Crippen LogP contribution is -2.29. The minimum Gasteiger partial charge on any atom is -0.318 e. The number of nitrogens with one attached hydrogen (secondary N) is 2. The van der Waals surface area contributed by atoms with Crippen LogP contribution in [-0.4, -0.2) is 11.8 Å². The van der Waals surface area contributed by atoms with Crippen LogP contribution in [0.3, 0.4) is 0 Å². The first-order chi connectivity index (χ1) is 10.3. The van der Waals surface area contributed by atoms with Gasteiger partial charge in [-0.15, -0.1) is 0 Å². The van der Waals surface area contributed by atoms with Gasteiger partial charge in [0.05, 0.1) is 0 Å². The normalized spacial score (nSPS) is 10.2. The fourth-order valence-electron chi connectivity index (χ4n) is 2.05. The number of hydrogen-bond donors (Lipinski definition) is 2. The third-order valence-corrected chi connectivity index (χ3v) is 3.24. The Morgan fingerprint density at radius 3 is 1.59 bits per heavy atom. The van der Waals surface area contributed by atoms with Crippen LogP contribution in [0, 0.1) is 13.8 Å². The highest BCUT2D eigenvalue weighted by Gasteiger charge is 2.14. The summed E-state index contributed by atoms with van der Waals surface area (Å²) in [6, 6.07) is 10.1. The van der Waals surface area contributed by atoms with E-state index in [1.165, 1.54) is 18.2 Å². The Bertz CT molecular complexity index is 641. The second kappa shape index (κ2) is 6.81. The summed E-state index contributed by atoms with van der Waals surface area (Å²) < 4.78 is 0. The van der Waals surface area contributed by atoms with Gasteiger partial charge in [0.2, 0.25) is 0 Å². The summed E-state index contributed by atoms with van der Waals surface area (Å²) in [5.41, 5.74) is 2.93. The van der Waals surface area contributed by atoms with Crippen LogP contribution < -0.4 is 10.6 Å². The lowest BCUT2D eigenvalue weighted by atomic mass is 10.1. The van der Waals surface area contributed by atoms with E-state index in [2.05, 4.69) is 10.6 Å². The molecular weight excluding hydrogens is 323 g/mol. The van der Waals surface area contributed by atoms with Crippen LogP contribution in [0.2, 0.25) is 10.0 Å². The quantitative estimate of drug-likeness (QED) is 0.808. The maximum absolute atomic E-state index is 11.9. The van der Waals surface area contributed by atoms with Crippen molar-refractivity contribution in [3.05, 3.63) is 57.6 Å². The number of carbonyl (C=O) groups excluding carboxylic acids is 2. The van der Waals surface area contributed by atoms with E-state index in [1.807, 2.05) is 19.9 Å². The van der Waals surface area contributed by atoms with Gasteiger partial charge in [0.25, 0.3) is 0 Å². The zero-order valence-corrected chi connectivity index (χ0v) is 13.5. The molecule has 114 valence electrons. The number of anilines is 2. The Labute approximate surface area is 138 Å². The Hall–Kier alpha value is -2.04. The van der Waals surface area contributed by atoms with Gasteiger partial charge >= 0.3 is 11.8 Å². The molecule has 0 atom stereocenters. The lowest BCUT2D eigenvalue weighted by Gasteiger charge is -2.09. The minimum absolute atomic E-state index is 0.359. The zero-order valence-electron chi connectivity index (χ0n) is 12.0. The Kier molecular flexibility index (Phi) is 5.06. The molecule has 0 aliphatic carbocycles. The second-order valence-electron chi connectivity index (χ2n) is 4.94. The Balaban J connectivity index is 2.07. The molecule has 2 amide bonds. The zero-order chi connectivity index (χ0) is 16.3. The summed E-state index contributed by atoms with van der Waals surface area (Å²) in [4.78, 5) is 23.8. The molecule has 0 saturated heterocycles. The van der Waals surface area contributed by atoms with E-state index < -0.39 is 11.8 Å². The van der Waals surface area contributed by atoms with Crippen LogP contribution in [0.25, 0.3) is 0 Å². The van der Waals surface area contributed by atoms with Crippen LogP contribution in [0.1, 0.15) is 11.1 Å².